The molecule has 1 amide bonds. The smallest absolute Gasteiger partial charge is 0.242 e. The molecule has 2 aliphatic heterocycles. The van der Waals surface area contributed by atoms with E-state index in [1.807, 2.05) is 18.3 Å². The van der Waals surface area contributed by atoms with Gasteiger partial charge in [0, 0.05) is 45.0 Å². The maximum Gasteiger partial charge on any atom is 0.242 e. The number of piperidine rings is 1. The van der Waals surface area contributed by atoms with Gasteiger partial charge in [-0.2, -0.15) is 0 Å². The van der Waals surface area contributed by atoms with E-state index in [2.05, 4.69) is 26.2 Å². The van der Waals surface area contributed by atoms with Gasteiger partial charge >= 0.3 is 0 Å². The Hall–Kier alpha value is -2.31. The average Bonchev–Trinajstić information content (AvgIpc) is 2.70. The molecule has 0 radical (unpaired) electrons. The summed E-state index contributed by atoms with van der Waals surface area (Å²) in [5.74, 6) is -0.256. The Morgan fingerprint density at radius 3 is 2.56 bits per heavy atom. The highest BCUT2D eigenvalue weighted by Gasteiger charge is 2.36. The van der Waals surface area contributed by atoms with Crippen molar-refractivity contribution in [1.29, 1.82) is 0 Å². The fraction of sp³-hybridized carbons (Fsp3) is 0.429. The molecule has 1 aromatic carbocycles. The second-order valence-electron chi connectivity index (χ2n) is 7.31. The summed E-state index contributed by atoms with van der Waals surface area (Å²) < 4.78 is 13.3. The number of aromatic nitrogens is 1. The standard InChI is InChI=1S/C21H25FN4O/c22-17-6-4-16(5-7-17)20-21(27)24-11-14-26(20)19-8-12-25(13-9-19)15-18-3-1-2-10-23-18/h1-7,10,19-20H,8-9,11-15H2,(H,24,27)/t20-/m0/s1. The summed E-state index contributed by atoms with van der Waals surface area (Å²) in [4.78, 5) is 21.7. The second kappa shape index (κ2) is 8.15. The highest BCUT2D eigenvalue weighted by molar-refractivity contribution is 5.84. The number of hydrogen-bond acceptors (Lipinski definition) is 4. The first-order valence-corrected chi connectivity index (χ1v) is 9.62. The first-order chi connectivity index (χ1) is 13.2. The van der Waals surface area contributed by atoms with Gasteiger partial charge in [-0.05, 0) is 42.7 Å². The van der Waals surface area contributed by atoms with Crippen LogP contribution in [0.2, 0.25) is 0 Å². The Labute approximate surface area is 159 Å². The summed E-state index contributed by atoms with van der Waals surface area (Å²) in [7, 11) is 0. The van der Waals surface area contributed by atoms with Gasteiger partial charge in [0.25, 0.3) is 0 Å². The molecule has 1 aromatic heterocycles. The van der Waals surface area contributed by atoms with Crippen molar-refractivity contribution in [3.63, 3.8) is 0 Å². The quantitative estimate of drug-likeness (QED) is 0.900. The van der Waals surface area contributed by atoms with Crippen LogP contribution in [-0.4, -0.2) is 52.9 Å². The molecule has 0 spiro atoms. The van der Waals surface area contributed by atoms with Crippen molar-refractivity contribution in [2.75, 3.05) is 26.2 Å². The predicted octanol–water partition coefficient (Wildman–Crippen LogP) is 2.36. The van der Waals surface area contributed by atoms with Crippen LogP contribution < -0.4 is 5.32 Å². The van der Waals surface area contributed by atoms with E-state index in [4.69, 9.17) is 0 Å². The van der Waals surface area contributed by atoms with Crippen LogP contribution in [0.25, 0.3) is 0 Å². The average molecular weight is 368 g/mol. The molecule has 2 aromatic rings. The third-order valence-electron chi connectivity index (χ3n) is 5.57. The molecule has 0 saturated carbocycles. The van der Waals surface area contributed by atoms with Crippen molar-refractivity contribution in [2.24, 2.45) is 0 Å². The highest BCUT2D eigenvalue weighted by atomic mass is 19.1. The molecule has 5 nitrogen and oxygen atoms in total. The minimum Gasteiger partial charge on any atom is -0.353 e. The molecule has 2 aliphatic rings. The van der Waals surface area contributed by atoms with Crippen molar-refractivity contribution in [3.8, 4) is 0 Å². The Kier molecular flexibility index (Phi) is 5.45. The maximum absolute atomic E-state index is 13.3. The highest BCUT2D eigenvalue weighted by Crippen LogP contribution is 2.29. The topological polar surface area (TPSA) is 48.5 Å². The second-order valence-corrected chi connectivity index (χ2v) is 7.31. The lowest BCUT2D eigenvalue weighted by molar-refractivity contribution is -0.131. The van der Waals surface area contributed by atoms with E-state index in [0.717, 1.165) is 50.3 Å². The molecular weight excluding hydrogens is 343 g/mol. The summed E-state index contributed by atoms with van der Waals surface area (Å²) >= 11 is 0. The molecule has 1 atom stereocenters. The number of benzene rings is 1. The molecule has 4 rings (SSSR count). The molecule has 0 bridgehead atoms. The zero-order chi connectivity index (χ0) is 18.6. The predicted molar refractivity (Wildman–Crippen MR) is 101 cm³/mol. The molecule has 3 heterocycles. The van der Waals surface area contributed by atoms with Gasteiger partial charge < -0.3 is 5.32 Å². The van der Waals surface area contributed by atoms with E-state index in [1.54, 1.807) is 12.1 Å². The minimum absolute atomic E-state index is 0.0174. The lowest BCUT2D eigenvalue weighted by Crippen LogP contribution is -2.55. The van der Waals surface area contributed by atoms with Crippen molar-refractivity contribution in [3.05, 3.63) is 65.7 Å². The third kappa shape index (κ3) is 4.17. The summed E-state index contributed by atoms with van der Waals surface area (Å²) in [6.07, 6.45) is 3.89. The number of amides is 1. The molecule has 6 heteroatoms. The van der Waals surface area contributed by atoms with Crippen LogP contribution in [0.1, 0.15) is 30.1 Å². The molecule has 27 heavy (non-hydrogen) atoms. The third-order valence-corrected chi connectivity index (χ3v) is 5.57. The Bertz CT molecular complexity index is 760. The van der Waals surface area contributed by atoms with Crippen molar-refractivity contribution in [2.45, 2.75) is 31.5 Å². The molecule has 2 saturated heterocycles. The van der Waals surface area contributed by atoms with Crippen molar-refractivity contribution < 1.29 is 9.18 Å². The Morgan fingerprint density at radius 2 is 1.85 bits per heavy atom. The van der Waals surface area contributed by atoms with Gasteiger partial charge in [-0.3, -0.25) is 19.6 Å². The van der Waals surface area contributed by atoms with Crippen LogP contribution >= 0.6 is 0 Å². The first kappa shape index (κ1) is 18.1. The number of hydrogen-bond donors (Lipinski definition) is 1. The van der Waals surface area contributed by atoms with Gasteiger partial charge in [-0.1, -0.05) is 18.2 Å². The largest absolute Gasteiger partial charge is 0.353 e. The number of nitrogens with one attached hydrogen (secondary N) is 1. The van der Waals surface area contributed by atoms with E-state index in [9.17, 15) is 9.18 Å². The zero-order valence-electron chi connectivity index (χ0n) is 15.4. The lowest BCUT2D eigenvalue weighted by Gasteiger charge is -2.44. The van der Waals surface area contributed by atoms with Crippen molar-refractivity contribution >= 4 is 5.91 Å². The fourth-order valence-electron chi connectivity index (χ4n) is 4.20. The summed E-state index contributed by atoms with van der Waals surface area (Å²) in [6.45, 7) is 4.36. The number of nitrogens with zero attached hydrogens (tertiary/aromatic N) is 3. The van der Waals surface area contributed by atoms with Gasteiger partial charge in [0.1, 0.15) is 11.9 Å². The number of halogens is 1. The van der Waals surface area contributed by atoms with Gasteiger partial charge in [0.2, 0.25) is 5.91 Å². The first-order valence-electron chi connectivity index (χ1n) is 9.62. The molecule has 0 unspecified atom stereocenters. The number of rotatable bonds is 4. The van der Waals surface area contributed by atoms with E-state index >= 15 is 0 Å². The van der Waals surface area contributed by atoms with Crippen LogP contribution in [0.5, 0.6) is 0 Å². The summed E-state index contributed by atoms with van der Waals surface area (Å²) in [5.41, 5.74) is 1.96. The molecule has 1 N–H and O–H groups in total. The van der Waals surface area contributed by atoms with E-state index in [1.165, 1.54) is 12.1 Å². The molecular formula is C21H25FN4O. The van der Waals surface area contributed by atoms with Crippen molar-refractivity contribution in [1.82, 2.24) is 20.1 Å². The van der Waals surface area contributed by atoms with Crippen LogP contribution in [-0.2, 0) is 11.3 Å². The van der Waals surface area contributed by atoms with Crippen LogP contribution in [0, 0.1) is 5.82 Å². The number of likely N-dealkylation sites (tertiary alicyclic amines) is 1. The SMILES string of the molecule is O=C1NCCN(C2CCN(Cc3ccccn3)CC2)[C@H]1c1ccc(F)cc1. The zero-order valence-corrected chi connectivity index (χ0v) is 15.4. The molecule has 0 aliphatic carbocycles. The summed E-state index contributed by atoms with van der Waals surface area (Å²) in [5, 5.41) is 2.96. The monoisotopic (exact) mass is 368 g/mol. The minimum atomic E-state index is -0.327. The van der Waals surface area contributed by atoms with E-state index < -0.39 is 0 Å². The van der Waals surface area contributed by atoms with Crippen LogP contribution in [0.4, 0.5) is 4.39 Å². The number of carbonyl (C=O) groups excluding carboxylic acids is 1. The van der Waals surface area contributed by atoms with Crippen LogP contribution in [0.15, 0.2) is 48.7 Å². The number of piperazine rings is 1. The number of carbonyl (C=O) groups is 1. The molecule has 2 fully saturated rings. The Morgan fingerprint density at radius 1 is 1.07 bits per heavy atom. The number of pyridine rings is 1. The lowest BCUT2D eigenvalue weighted by atomic mass is 9.95. The van der Waals surface area contributed by atoms with Gasteiger partial charge in [-0.25, -0.2) is 4.39 Å². The molecule has 142 valence electrons. The van der Waals surface area contributed by atoms with E-state index in [0.29, 0.717) is 12.6 Å². The Balaban J connectivity index is 1.42. The van der Waals surface area contributed by atoms with E-state index in [-0.39, 0.29) is 17.8 Å². The summed E-state index contributed by atoms with van der Waals surface area (Å²) in [6, 6.07) is 12.4. The van der Waals surface area contributed by atoms with Crippen LogP contribution in [0.3, 0.4) is 0 Å². The fourth-order valence-corrected chi connectivity index (χ4v) is 4.20. The normalized spacial score (nSPS) is 22.6. The maximum atomic E-state index is 13.3. The van der Waals surface area contributed by atoms with Gasteiger partial charge in [0.15, 0.2) is 0 Å². The van der Waals surface area contributed by atoms with Gasteiger partial charge in [-0.15, -0.1) is 0 Å². The van der Waals surface area contributed by atoms with Gasteiger partial charge in [0.05, 0.1) is 5.69 Å².